The van der Waals surface area contributed by atoms with Crippen LogP contribution in [0.2, 0.25) is 0 Å². The molecule has 2 heterocycles. The average molecular weight is 413 g/mol. The van der Waals surface area contributed by atoms with Crippen molar-refractivity contribution in [2.24, 2.45) is 0 Å². The molecule has 0 aliphatic carbocycles. The molecule has 29 heavy (non-hydrogen) atoms. The van der Waals surface area contributed by atoms with Gasteiger partial charge in [0.1, 0.15) is 11.3 Å². The SMILES string of the molecule is COc1ccc(C(F)F)cc1-c1cccc(-n2ncc(C(=O)O)c2C(F)(F)F)n1. The van der Waals surface area contributed by atoms with Crippen LogP contribution >= 0.6 is 0 Å². The predicted octanol–water partition coefficient (Wildman–Crippen LogP) is 4.60. The van der Waals surface area contributed by atoms with Gasteiger partial charge in [0.2, 0.25) is 0 Å². The molecule has 0 saturated heterocycles. The molecule has 0 atom stereocenters. The first-order valence-corrected chi connectivity index (χ1v) is 7.96. The van der Waals surface area contributed by atoms with Gasteiger partial charge in [-0.15, -0.1) is 0 Å². The fraction of sp³-hybridized carbons (Fsp3) is 0.167. The molecule has 0 saturated carbocycles. The van der Waals surface area contributed by atoms with Crippen LogP contribution in [0.25, 0.3) is 17.1 Å². The molecule has 152 valence electrons. The molecule has 0 bridgehead atoms. The minimum absolute atomic E-state index is 0.0438. The number of nitrogens with zero attached hydrogens (tertiary/aromatic N) is 3. The summed E-state index contributed by atoms with van der Waals surface area (Å²) >= 11 is 0. The zero-order chi connectivity index (χ0) is 21.3. The van der Waals surface area contributed by atoms with E-state index in [2.05, 4.69) is 10.1 Å². The number of methoxy groups -OCH3 is 1. The van der Waals surface area contributed by atoms with Crippen LogP contribution in [0, 0.1) is 0 Å². The molecule has 11 heteroatoms. The van der Waals surface area contributed by atoms with E-state index in [0.29, 0.717) is 10.9 Å². The number of benzene rings is 1. The van der Waals surface area contributed by atoms with E-state index in [0.717, 1.165) is 12.1 Å². The summed E-state index contributed by atoms with van der Waals surface area (Å²) in [4.78, 5) is 15.2. The first-order valence-electron chi connectivity index (χ1n) is 7.96. The second-order valence-corrected chi connectivity index (χ2v) is 5.76. The number of ether oxygens (including phenoxy) is 1. The summed E-state index contributed by atoms with van der Waals surface area (Å²) in [6, 6.07) is 7.49. The Morgan fingerprint density at radius 2 is 1.93 bits per heavy atom. The third-order valence-electron chi connectivity index (χ3n) is 3.97. The number of aromatic carboxylic acids is 1. The molecular formula is C18H12F5N3O3. The van der Waals surface area contributed by atoms with Gasteiger partial charge in [-0.05, 0) is 30.3 Å². The number of carboxylic acid groups (broad SMARTS) is 1. The fourth-order valence-electron chi connectivity index (χ4n) is 2.70. The fourth-order valence-corrected chi connectivity index (χ4v) is 2.70. The lowest BCUT2D eigenvalue weighted by atomic mass is 10.1. The van der Waals surface area contributed by atoms with E-state index >= 15 is 0 Å². The number of alkyl halides is 5. The number of aromatic nitrogens is 3. The van der Waals surface area contributed by atoms with Crippen molar-refractivity contribution in [1.82, 2.24) is 14.8 Å². The zero-order valence-corrected chi connectivity index (χ0v) is 14.6. The largest absolute Gasteiger partial charge is 0.496 e. The van der Waals surface area contributed by atoms with E-state index in [4.69, 9.17) is 9.84 Å². The van der Waals surface area contributed by atoms with Gasteiger partial charge in [-0.3, -0.25) is 0 Å². The highest BCUT2D eigenvalue weighted by Crippen LogP contribution is 2.35. The molecular weight excluding hydrogens is 401 g/mol. The molecule has 3 aromatic rings. The number of hydrogen-bond donors (Lipinski definition) is 1. The Kier molecular flexibility index (Phi) is 5.23. The first kappa shape index (κ1) is 20.2. The van der Waals surface area contributed by atoms with Crippen molar-refractivity contribution in [2.75, 3.05) is 7.11 Å². The molecule has 0 aliphatic heterocycles. The molecule has 6 nitrogen and oxygen atoms in total. The smallest absolute Gasteiger partial charge is 0.434 e. The molecule has 0 spiro atoms. The van der Waals surface area contributed by atoms with Crippen LogP contribution in [0.5, 0.6) is 5.75 Å². The lowest BCUT2D eigenvalue weighted by Gasteiger charge is -2.13. The summed E-state index contributed by atoms with van der Waals surface area (Å²) in [6.07, 6.45) is -7.23. The maximum Gasteiger partial charge on any atom is 0.434 e. The van der Waals surface area contributed by atoms with Crippen molar-refractivity contribution in [3.63, 3.8) is 0 Å². The molecule has 1 N–H and O–H groups in total. The summed E-state index contributed by atoms with van der Waals surface area (Å²) in [5, 5.41) is 12.5. The molecule has 0 fully saturated rings. The van der Waals surface area contributed by atoms with Crippen LogP contribution in [0.4, 0.5) is 22.0 Å². The maximum absolute atomic E-state index is 13.4. The molecule has 0 amide bonds. The van der Waals surface area contributed by atoms with Gasteiger partial charge in [-0.1, -0.05) is 6.07 Å². The van der Waals surface area contributed by atoms with E-state index < -0.39 is 29.8 Å². The van der Waals surface area contributed by atoms with Crippen LogP contribution < -0.4 is 4.74 Å². The minimum Gasteiger partial charge on any atom is -0.496 e. The number of hydrogen-bond acceptors (Lipinski definition) is 4. The van der Waals surface area contributed by atoms with Gasteiger partial charge in [0.15, 0.2) is 11.5 Å². The van der Waals surface area contributed by atoms with E-state index in [9.17, 15) is 26.7 Å². The van der Waals surface area contributed by atoms with Crippen LogP contribution in [0.1, 0.15) is 28.0 Å². The second kappa shape index (κ2) is 7.49. The normalized spacial score (nSPS) is 11.7. The highest BCUT2D eigenvalue weighted by Gasteiger charge is 2.41. The zero-order valence-electron chi connectivity index (χ0n) is 14.6. The third kappa shape index (κ3) is 3.89. The van der Waals surface area contributed by atoms with Crippen LogP contribution in [0.15, 0.2) is 42.6 Å². The Morgan fingerprint density at radius 1 is 1.21 bits per heavy atom. The summed E-state index contributed by atoms with van der Waals surface area (Å²) in [5.74, 6) is -1.96. The van der Waals surface area contributed by atoms with Crippen molar-refractivity contribution < 1.29 is 36.6 Å². The van der Waals surface area contributed by atoms with E-state index in [1.165, 1.54) is 31.4 Å². The summed E-state index contributed by atoms with van der Waals surface area (Å²) in [5.41, 5.74) is -2.70. The van der Waals surface area contributed by atoms with Gasteiger partial charge in [0, 0.05) is 11.1 Å². The van der Waals surface area contributed by atoms with Gasteiger partial charge in [0.05, 0.1) is 19.0 Å². The Hall–Kier alpha value is -3.50. The van der Waals surface area contributed by atoms with Gasteiger partial charge >= 0.3 is 12.1 Å². The van der Waals surface area contributed by atoms with Crippen molar-refractivity contribution in [2.45, 2.75) is 12.6 Å². The average Bonchev–Trinajstić information content (AvgIpc) is 3.13. The maximum atomic E-state index is 13.4. The molecule has 0 aliphatic rings. The second-order valence-electron chi connectivity index (χ2n) is 5.76. The van der Waals surface area contributed by atoms with E-state index in [1.807, 2.05) is 0 Å². The molecule has 0 radical (unpaired) electrons. The molecule has 2 aromatic heterocycles. The number of pyridine rings is 1. The Morgan fingerprint density at radius 3 is 2.52 bits per heavy atom. The third-order valence-corrected chi connectivity index (χ3v) is 3.97. The standard InChI is InChI=1S/C18H12F5N3O3/c1-29-13-6-5-9(16(19)20)7-10(13)12-3-2-4-14(25-12)26-15(18(21,22)23)11(8-24-26)17(27)28/h2-8,16H,1H3,(H,27,28). The topological polar surface area (TPSA) is 77.2 Å². The van der Waals surface area contributed by atoms with Gasteiger partial charge in [-0.2, -0.15) is 18.3 Å². The molecule has 1 aromatic carbocycles. The number of carbonyl (C=O) groups is 1. The molecule has 0 unspecified atom stereocenters. The quantitative estimate of drug-likeness (QED) is 0.619. The Balaban J connectivity index is 2.18. The van der Waals surface area contributed by atoms with Crippen molar-refractivity contribution in [3.05, 3.63) is 59.4 Å². The summed E-state index contributed by atoms with van der Waals surface area (Å²) in [6.45, 7) is 0. The van der Waals surface area contributed by atoms with Crippen LogP contribution in [0.3, 0.4) is 0 Å². The monoisotopic (exact) mass is 413 g/mol. The highest BCUT2D eigenvalue weighted by atomic mass is 19.4. The van der Waals surface area contributed by atoms with Crippen molar-refractivity contribution in [3.8, 4) is 22.8 Å². The Labute approximate surface area is 160 Å². The Bertz CT molecular complexity index is 1060. The van der Waals surface area contributed by atoms with Gasteiger partial charge in [-0.25, -0.2) is 23.2 Å². The van der Waals surface area contributed by atoms with Crippen molar-refractivity contribution in [1.29, 1.82) is 0 Å². The summed E-state index contributed by atoms with van der Waals surface area (Å²) in [7, 11) is 1.30. The highest BCUT2D eigenvalue weighted by molar-refractivity contribution is 5.89. The lowest BCUT2D eigenvalue weighted by Crippen LogP contribution is -2.18. The van der Waals surface area contributed by atoms with E-state index in [1.54, 1.807) is 0 Å². The van der Waals surface area contributed by atoms with Crippen LogP contribution in [-0.4, -0.2) is 33.0 Å². The lowest BCUT2D eigenvalue weighted by molar-refractivity contribution is -0.143. The first-order chi connectivity index (χ1) is 13.6. The van der Waals surface area contributed by atoms with Gasteiger partial charge < -0.3 is 9.84 Å². The predicted molar refractivity (Wildman–Crippen MR) is 90.3 cm³/mol. The number of carboxylic acids is 1. The minimum atomic E-state index is -5.02. The summed E-state index contributed by atoms with van der Waals surface area (Å²) < 4.78 is 71.8. The number of rotatable bonds is 5. The molecule has 3 rings (SSSR count). The van der Waals surface area contributed by atoms with Crippen LogP contribution in [-0.2, 0) is 6.18 Å². The van der Waals surface area contributed by atoms with Crippen molar-refractivity contribution >= 4 is 5.97 Å². The number of halogens is 5. The van der Waals surface area contributed by atoms with Gasteiger partial charge in [0.25, 0.3) is 6.43 Å². The van der Waals surface area contributed by atoms with E-state index in [-0.39, 0.29) is 28.4 Å².